The topological polar surface area (TPSA) is 53.4 Å². The van der Waals surface area contributed by atoms with Crippen LogP contribution in [-0.2, 0) is 17.8 Å². The molecule has 4 aliphatic rings. The Morgan fingerprint density at radius 1 is 1.09 bits per heavy atom. The number of fused-ring (bicyclic) bond motifs is 3. The molecule has 2 aromatic rings. The van der Waals surface area contributed by atoms with Crippen LogP contribution in [-0.4, -0.2) is 57.5 Å². The molecular formula is C29H41N5O. The molecule has 35 heavy (non-hydrogen) atoms. The number of hydrogen-bond acceptors (Lipinski definition) is 4. The number of piperidine rings is 1. The first-order valence-corrected chi connectivity index (χ1v) is 13.9. The van der Waals surface area contributed by atoms with Gasteiger partial charge in [-0.05, 0) is 64.5 Å². The number of nitrogens with one attached hydrogen (secondary N) is 1. The molecule has 1 aromatic carbocycles. The van der Waals surface area contributed by atoms with Gasteiger partial charge in [0.05, 0.1) is 17.4 Å². The molecule has 3 aliphatic heterocycles. The minimum Gasteiger partial charge on any atom is -0.349 e. The minimum absolute atomic E-state index is 0.111. The van der Waals surface area contributed by atoms with Crippen LogP contribution in [0, 0.1) is 12.8 Å². The van der Waals surface area contributed by atoms with Crippen LogP contribution >= 0.6 is 0 Å². The van der Waals surface area contributed by atoms with Crippen molar-refractivity contribution in [1.29, 1.82) is 0 Å². The summed E-state index contributed by atoms with van der Waals surface area (Å²) in [4.78, 5) is 23.0. The summed E-state index contributed by atoms with van der Waals surface area (Å²) in [6, 6.07) is 12.6. The third-order valence-electron chi connectivity index (χ3n) is 9.31. The summed E-state index contributed by atoms with van der Waals surface area (Å²) in [6.07, 6.45) is 10.5. The summed E-state index contributed by atoms with van der Waals surface area (Å²) in [5, 5.41) is 3.42. The predicted octanol–water partition coefficient (Wildman–Crippen LogP) is 4.40. The molecule has 3 atom stereocenters. The average molecular weight is 476 g/mol. The molecule has 4 heterocycles. The van der Waals surface area contributed by atoms with E-state index in [2.05, 4.69) is 64.0 Å². The number of carbonyl (C=O) groups excluding carboxylic acids is 1. The fourth-order valence-electron chi connectivity index (χ4n) is 7.20. The lowest BCUT2D eigenvalue weighted by molar-refractivity contribution is -0.128. The average Bonchev–Trinajstić information content (AvgIpc) is 3.26. The van der Waals surface area contributed by atoms with E-state index in [1.54, 1.807) is 0 Å². The third-order valence-corrected chi connectivity index (χ3v) is 9.31. The van der Waals surface area contributed by atoms with Crippen molar-refractivity contribution in [3.63, 3.8) is 0 Å². The maximum absolute atomic E-state index is 12.8. The summed E-state index contributed by atoms with van der Waals surface area (Å²) >= 11 is 0. The van der Waals surface area contributed by atoms with Crippen molar-refractivity contribution in [1.82, 2.24) is 24.7 Å². The molecule has 2 saturated heterocycles. The Balaban J connectivity index is 1.14. The monoisotopic (exact) mass is 475 g/mol. The van der Waals surface area contributed by atoms with Crippen LogP contribution in [0.25, 0.3) is 0 Å². The largest absolute Gasteiger partial charge is 0.349 e. The highest BCUT2D eigenvalue weighted by Gasteiger charge is 2.42. The molecule has 0 spiro atoms. The maximum atomic E-state index is 12.8. The van der Waals surface area contributed by atoms with Crippen LogP contribution in [0.15, 0.2) is 30.3 Å². The number of rotatable bonds is 7. The van der Waals surface area contributed by atoms with Crippen molar-refractivity contribution in [2.24, 2.45) is 5.92 Å². The number of carbonyl (C=O) groups is 1. The van der Waals surface area contributed by atoms with Crippen LogP contribution in [0.5, 0.6) is 0 Å². The van der Waals surface area contributed by atoms with Gasteiger partial charge in [-0.25, -0.2) is 4.98 Å². The summed E-state index contributed by atoms with van der Waals surface area (Å²) in [7, 11) is 2.23. The lowest BCUT2D eigenvalue weighted by Gasteiger charge is -2.41. The molecule has 2 unspecified atom stereocenters. The second-order valence-electron chi connectivity index (χ2n) is 11.5. The SMILES string of the molecule is Cc1nc2c(n1C1CC3CCC(C1)N3CC[C@H](NC(=O)C1CCC1)c1ccccc1)CN(C)CC2. The quantitative estimate of drug-likeness (QED) is 0.645. The number of amides is 1. The number of hydrogen-bond donors (Lipinski definition) is 1. The Morgan fingerprint density at radius 3 is 2.51 bits per heavy atom. The van der Waals surface area contributed by atoms with E-state index in [1.165, 1.54) is 54.9 Å². The normalized spacial score (nSPS) is 27.9. The molecule has 0 radical (unpaired) electrons. The number of nitrogens with zero attached hydrogens (tertiary/aromatic N) is 4. The van der Waals surface area contributed by atoms with Crippen molar-refractivity contribution < 1.29 is 4.79 Å². The van der Waals surface area contributed by atoms with E-state index in [9.17, 15) is 4.79 Å². The molecule has 1 aromatic heterocycles. The lowest BCUT2D eigenvalue weighted by Crippen LogP contribution is -2.45. The second-order valence-corrected chi connectivity index (χ2v) is 11.5. The fourth-order valence-corrected chi connectivity index (χ4v) is 7.20. The number of likely N-dealkylation sites (N-methyl/N-ethyl adjacent to an activating group) is 1. The Kier molecular flexibility index (Phi) is 6.44. The van der Waals surface area contributed by atoms with Crippen LogP contribution in [0.4, 0.5) is 0 Å². The van der Waals surface area contributed by atoms with Gasteiger partial charge in [-0.3, -0.25) is 9.69 Å². The second kappa shape index (κ2) is 9.70. The number of aryl methyl sites for hydroxylation is 1. The highest BCUT2D eigenvalue weighted by Crippen LogP contribution is 2.43. The smallest absolute Gasteiger partial charge is 0.223 e. The zero-order valence-corrected chi connectivity index (χ0v) is 21.5. The van der Waals surface area contributed by atoms with E-state index in [0.717, 1.165) is 45.3 Å². The Morgan fingerprint density at radius 2 is 1.83 bits per heavy atom. The van der Waals surface area contributed by atoms with Gasteiger partial charge in [0.25, 0.3) is 0 Å². The first kappa shape index (κ1) is 23.2. The van der Waals surface area contributed by atoms with Gasteiger partial charge in [0.2, 0.25) is 5.91 Å². The van der Waals surface area contributed by atoms with Crippen LogP contribution < -0.4 is 5.32 Å². The van der Waals surface area contributed by atoms with E-state index in [1.807, 2.05) is 0 Å². The first-order chi connectivity index (χ1) is 17.1. The number of imidazole rings is 1. The third kappa shape index (κ3) is 4.55. The first-order valence-electron chi connectivity index (χ1n) is 13.9. The maximum Gasteiger partial charge on any atom is 0.223 e. The van der Waals surface area contributed by atoms with Crippen molar-refractivity contribution in [3.8, 4) is 0 Å². The Bertz CT molecular complexity index is 1030. The fraction of sp³-hybridized carbons (Fsp3) is 0.655. The highest BCUT2D eigenvalue weighted by molar-refractivity contribution is 5.79. The molecule has 3 fully saturated rings. The standard InChI is InChI=1S/C29H41N5O/c1-20-30-27-13-15-32(2)19-28(27)34(20)25-17-23-11-12-24(18-25)33(23)16-14-26(21-7-4-3-5-8-21)31-29(35)22-9-6-10-22/h3-5,7-8,22-26H,6,9-19H2,1-2H3,(H,31,35)/t23?,24?,25?,26-/m0/s1. The summed E-state index contributed by atoms with van der Waals surface area (Å²) < 4.78 is 2.61. The molecule has 1 saturated carbocycles. The molecule has 1 N–H and O–H groups in total. The van der Waals surface area contributed by atoms with E-state index >= 15 is 0 Å². The molecule has 2 bridgehead atoms. The Labute approximate surface area is 210 Å². The lowest BCUT2D eigenvalue weighted by atomic mass is 9.84. The van der Waals surface area contributed by atoms with Crippen molar-refractivity contribution in [2.45, 2.75) is 95.4 Å². The zero-order chi connectivity index (χ0) is 23.9. The highest BCUT2D eigenvalue weighted by atomic mass is 16.2. The van der Waals surface area contributed by atoms with Gasteiger partial charge < -0.3 is 14.8 Å². The number of benzene rings is 1. The van der Waals surface area contributed by atoms with E-state index in [-0.39, 0.29) is 17.9 Å². The van der Waals surface area contributed by atoms with Crippen molar-refractivity contribution in [2.75, 3.05) is 20.1 Å². The van der Waals surface area contributed by atoms with Gasteiger partial charge >= 0.3 is 0 Å². The van der Waals surface area contributed by atoms with Gasteiger partial charge in [-0.1, -0.05) is 36.8 Å². The molecule has 6 heteroatoms. The molecular weight excluding hydrogens is 434 g/mol. The van der Waals surface area contributed by atoms with Gasteiger partial charge in [0.1, 0.15) is 5.82 Å². The molecule has 1 amide bonds. The summed E-state index contributed by atoms with van der Waals surface area (Å²) in [5.74, 6) is 1.71. The van der Waals surface area contributed by atoms with Crippen LogP contribution in [0.2, 0.25) is 0 Å². The van der Waals surface area contributed by atoms with Gasteiger partial charge in [0.15, 0.2) is 0 Å². The van der Waals surface area contributed by atoms with Gasteiger partial charge in [0, 0.05) is 50.1 Å². The number of aromatic nitrogens is 2. The molecule has 188 valence electrons. The van der Waals surface area contributed by atoms with E-state index < -0.39 is 0 Å². The molecule has 6 rings (SSSR count). The van der Waals surface area contributed by atoms with Crippen LogP contribution in [0.3, 0.4) is 0 Å². The molecule has 6 nitrogen and oxygen atoms in total. The Hall–Kier alpha value is -2.18. The van der Waals surface area contributed by atoms with Gasteiger partial charge in [-0.15, -0.1) is 0 Å². The summed E-state index contributed by atoms with van der Waals surface area (Å²) in [5.41, 5.74) is 4.05. The van der Waals surface area contributed by atoms with Crippen LogP contribution in [0.1, 0.15) is 86.2 Å². The van der Waals surface area contributed by atoms with E-state index in [4.69, 9.17) is 4.98 Å². The minimum atomic E-state index is 0.111. The summed E-state index contributed by atoms with van der Waals surface area (Å²) in [6.45, 7) is 5.43. The van der Waals surface area contributed by atoms with Crippen molar-refractivity contribution in [3.05, 3.63) is 53.1 Å². The van der Waals surface area contributed by atoms with Gasteiger partial charge in [-0.2, -0.15) is 0 Å². The molecule has 1 aliphatic carbocycles. The predicted molar refractivity (Wildman–Crippen MR) is 138 cm³/mol. The zero-order valence-electron chi connectivity index (χ0n) is 21.5. The van der Waals surface area contributed by atoms with Crippen molar-refractivity contribution >= 4 is 5.91 Å². The van der Waals surface area contributed by atoms with E-state index in [0.29, 0.717) is 18.1 Å².